The van der Waals surface area contributed by atoms with Gasteiger partial charge in [0.05, 0.1) is 24.4 Å². The molecule has 21 heavy (non-hydrogen) atoms. The highest BCUT2D eigenvalue weighted by Gasteiger charge is 2.13. The first-order chi connectivity index (χ1) is 10.0. The number of benzene rings is 1. The van der Waals surface area contributed by atoms with Gasteiger partial charge in [0, 0.05) is 0 Å². The Morgan fingerprint density at radius 1 is 1.29 bits per heavy atom. The Bertz CT molecular complexity index is 661. The van der Waals surface area contributed by atoms with Crippen molar-refractivity contribution in [3.05, 3.63) is 46.8 Å². The summed E-state index contributed by atoms with van der Waals surface area (Å²) in [6.45, 7) is 4.27. The van der Waals surface area contributed by atoms with Gasteiger partial charge in [-0.2, -0.15) is 0 Å². The molecule has 0 unspecified atom stereocenters. The molecule has 0 saturated heterocycles. The van der Waals surface area contributed by atoms with E-state index in [1.54, 1.807) is 42.8 Å². The fourth-order valence-electron chi connectivity index (χ4n) is 1.87. The Hall–Kier alpha value is -2.70. The Labute approximate surface area is 121 Å². The monoisotopic (exact) mass is 288 g/mol. The number of hydrogen-bond acceptors (Lipinski definition) is 5. The number of carbonyl (C=O) groups is 2. The number of carbonyl (C=O) groups excluding carboxylic acids is 2. The molecule has 7 heteroatoms. The lowest BCUT2D eigenvalue weighted by Crippen LogP contribution is -2.13. The topological polar surface area (TPSA) is 100 Å². The smallest absolute Gasteiger partial charge is 0.338 e. The molecule has 0 saturated carbocycles. The second-order valence-corrected chi connectivity index (χ2v) is 4.46. The molecule has 2 aromatic rings. The summed E-state index contributed by atoms with van der Waals surface area (Å²) in [6, 6.07) is 6.98. The van der Waals surface area contributed by atoms with Crippen molar-refractivity contribution in [2.45, 2.75) is 20.4 Å². The normalized spacial score (nSPS) is 10.4. The van der Waals surface area contributed by atoms with Crippen molar-refractivity contribution in [1.82, 2.24) is 15.0 Å². The van der Waals surface area contributed by atoms with Crippen LogP contribution in [0.2, 0.25) is 0 Å². The van der Waals surface area contributed by atoms with Gasteiger partial charge in [-0.25, -0.2) is 9.48 Å². The van der Waals surface area contributed by atoms with Gasteiger partial charge >= 0.3 is 5.97 Å². The van der Waals surface area contributed by atoms with Crippen molar-refractivity contribution < 1.29 is 14.3 Å². The summed E-state index contributed by atoms with van der Waals surface area (Å²) in [6.07, 6.45) is 0. The summed E-state index contributed by atoms with van der Waals surface area (Å²) in [5.41, 5.74) is 7.39. The maximum Gasteiger partial charge on any atom is 0.338 e. The van der Waals surface area contributed by atoms with Crippen LogP contribution in [0.15, 0.2) is 24.3 Å². The second kappa shape index (κ2) is 6.17. The zero-order valence-electron chi connectivity index (χ0n) is 11.9. The molecule has 0 bridgehead atoms. The third kappa shape index (κ3) is 3.25. The maximum atomic E-state index is 11.5. The first-order valence-electron chi connectivity index (χ1n) is 6.49. The summed E-state index contributed by atoms with van der Waals surface area (Å²) in [5.74, 6) is -0.951. The van der Waals surface area contributed by atoms with Crippen LogP contribution in [-0.4, -0.2) is 33.5 Å². The first-order valence-corrected chi connectivity index (χ1v) is 6.49. The number of rotatable bonds is 5. The Morgan fingerprint density at radius 2 is 1.95 bits per heavy atom. The summed E-state index contributed by atoms with van der Waals surface area (Å²) in [5, 5.41) is 7.64. The first kappa shape index (κ1) is 14.7. The van der Waals surface area contributed by atoms with Gasteiger partial charge in [-0.1, -0.05) is 17.3 Å². The van der Waals surface area contributed by atoms with Crippen LogP contribution < -0.4 is 5.73 Å². The van der Waals surface area contributed by atoms with Gasteiger partial charge in [0.15, 0.2) is 5.69 Å². The second-order valence-electron chi connectivity index (χ2n) is 4.46. The van der Waals surface area contributed by atoms with Crippen LogP contribution in [0.5, 0.6) is 0 Å². The van der Waals surface area contributed by atoms with Crippen LogP contribution in [0.4, 0.5) is 0 Å². The van der Waals surface area contributed by atoms with Gasteiger partial charge in [0.1, 0.15) is 0 Å². The zero-order valence-corrected chi connectivity index (χ0v) is 11.9. The highest BCUT2D eigenvalue weighted by atomic mass is 16.5. The van der Waals surface area contributed by atoms with E-state index >= 15 is 0 Å². The fourth-order valence-corrected chi connectivity index (χ4v) is 1.87. The minimum Gasteiger partial charge on any atom is -0.462 e. The number of nitrogens with zero attached hydrogens (tertiary/aromatic N) is 3. The molecule has 0 atom stereocenters. The van der Waals surface area contributed by atoms with Crippen LogP contribution in [0, 0.1) is 6.92 Å². The number of amides is 1. The Morgan fingerprint density at radius 3 is 2.48 bits per heavy atom. The predicted octanol–water partition coefficient (Wildman–Crippen LogP) is 0.910. The fraction of sp³-hybridized carbons (Fsp3) is 0.286. The lowest BCUT2D eigenvalue weighted by atomic mass is 10.1. The molecule has 1 amide bonds. The molecule has 2 rings (SSSR count). The minimum absolute atomic E-state index is 0.165. The maximum absolute atomic E-state index is 11.5. The molecule has 0 aliphatic carbocycles. The number of nitrogens with two attached hydrogens (primary N) is 1. The number of aromatic nitrogens is 3. The van der Waals surface area contributed by atoms with Crippen molar-refractivity contribution in [2.24, 2.45) is 5.73 Å². The minimum atomic E-state index is -0.601. The van der Waals surface area contributed by atoms with Gasteiger partial charge in [-0.15, -0.1) is 5.10 Å². The number of primary amides is 1. The molecule has 0 aliphatic heterocycles. The average molecular weight is 288 g/mol. The van der Waals surface area contributed by atoms with Gasteiger partial charge in [0.25, 0.3) is 5.91 Å². The van der Waals surface area contributed by atoms with Gasteiger partial charge < -0.3 is 10.5 Å². The summed E-state index contributed by atoms with van der Waals surface area (Å²) < 4.78 is 6.50. The number of ether oxygens (including phenoxy) is 1. The lowest BCUT2D eigenvalue weighted by molar-refractivity contribution is 0.0526. The summed E-state index contributed by atoms with van der Waals surface area (Å²) in [7, 11) is 0. The van der Waals surface area contributed by atoms with Crippen LogP contribution in [0.1, 0.15) is 39.0 Å². The largest absolute Gasteiger partial charge is 0.462 e. The molecular formula is C14H16N4O3. The van der Waals surface area contributed by atoms with E-state index < -0.39 is 5.91 Å². The highest BCUT2D eigenvalue weighted by molar-refractivity contribution is 5.91. The molecule has 0 aliphatic rings. The molecule has 1 aromatic heterocycles. The quantitative estimate of drug-likeness (QED) is 0.824. The van der Waals surface area contributed by atoms with Crippen molar-refractivity contribution in [1.29, 1.82) is 0 Å². The molecule has 110 valence electrons. The van der Waals surface area contributed by atoms with E-state index in [9.17, 15) is 9.59 Å². The van der Waals surface area contributed by atoms with Gasteiger partial charge in [0.2, 0.25) is 0 Å². The Balaban J connectivity index is 2.14. The van der Waals surface area contributed by atoms with Crippen molar-refractivity contribution in [3.63, 3.8) is 0 Å². The average Bonchev–Trinajstić information content (AvgIpc) is 2.81. The van der Waals surface area contributed by atoms with Gasteiger partial charge in [-0.3, -0.25) is 4.79 Å². The van der Waals surface area contributed by atoms with E-state index in [0.29, 0.717) is 24.4 Å². The Kier molecular flexibility index (Phi) is 4.32. The van der Waals surface area contributed by atoms with Crippen LogP contribution in [0.3, 0.4) is 0 Å². The molecular weight excluding hydrogens is 272 g/mol. The summed E-state index contributed by atoms with van der Waals surface area (Å²) in [4.78, 5) is 22.7. The van der Waals surface area contributed by atoms with E-state index in [1.165, 1.54) is 0 Å². The van der Waals surface area contributed by atoms with Crippen molar-refractivity contribution in [3.8, 4) is 0 Å². The standard InChI is InChI=1S/C14H16N4O3/c1-3-21-14(20)11-6-4-10(5-7-11)8-18-9(2)12(13(15)19)16-17-18/h4-7H,3,8H2,1-2H3,(H2,15,19). The lowest BCUT2D eigenvalue weighted by Gasteiger charge is -2.05. The molecule has 1 aromatic carbocycles. The highest BCUT2D eigenvalue weighted by Crippen LogP contribution is 2.10. The van der Waals surface area contributed by atoms with Crippen molar-refractivity contribution >= 4 is 11.9 Å². The zero-order chi connectivity index (χ0) is 15.4. The van der Waals surface area contributed by atoms with E-state index in [2.05, 4.69) is 10.3 Å². The molecule has 0 fully saturated rings. The number of hydrogen-bond donors (Lipinski definition) is 1. The van der Waals surface area contributed by atoms with Crippen LogP contribution in [-0.2, 0) is 11.3 Å². The SMILES string of the molecule is CCOC(=O)c1ccc(Cn2nnc(C(N)=O)c2C)cc1. The molecule has 2 N–H and O–H groups in total. The third-order valence-corrected chi connectivity index (χ3v) is 3.01. The molecule has 1 heterocycles. The number of esters is 1. The van der Waals surface area contributed by atoms with E-state index in [-0.39, 0.29) is 11.7 Å². The van der Waals surface area contributed by atoms with E-state index in [4.69, 9.17) is 10.5 Å². The van der Waals surface area contributed by atoms with E-state index in [0.717, 1.165) is 5.56 Å². The van der Waals surface area contributed by atoms with Crippen molar-refractivity contribution in [2.75, 3.05) is 6.61 Å². The predicted molar refractivity (Wildman–Crippen MR) is 74.8 cm³/mol. The van der Waals surface area contributed by atoms with Crippen LogP contribution in [0.25, 0.3) is 0 Å². The summed E-state index contributed by atoms with van der Waals surface area (Å²) >= 11 is 0. The third-order valence-electron chi connectivity index (χ3n) is 3.01. The molecule has 0 radical (unpaired) electrons. The van der Waals surface area contributed by atoms with E-state index in [1.807, 2.05) is 0 Å². The molecule has 7 nitrogen and oxygen atoms in total. The molecule has 0 spiro atoms. The van der Waals surface area contributed by atoms with Gasteiger partial charge in [-0.05, 0) is 31.5 Å². The van der Waals surface area contributed by atoms with Crippen LogP contribution >= 0.6 is 0 Å².